The lowest BCUT2D eigenvalue weighted by molar-refractivity contribution is -0.134. The van der Waals surface area contributed by atoms with E-state index in [-0.39, 0.29) is 11.8 Å². The smallest absolute Gasteiger partial charge is 0.311 e. The Kier molecular flexibility index (Phi) is 5.71. The van der Waals surface area contributed by atoms with Crippen molar-refractivity contribution in [3.05, 3.63) is 47.5 Å². The van der Waals surface area contributed by atoms with Gasteiger partial charge in [0.1, 0.15) is 17.3 Å². The lowest BCUT2D eigenvalue weighted by Crippen LogP contribution is -2.09. The molecule has 0 saturated carbocycles. The van der Waals surface area contributed by atoms with Gasteiger partial charge in [0.25, 0.3) is 0 Å². The molecule has 0 unspecified atom stereocenters. The van der Waals surface area contributed by atoms with Crippen molar-refractivity contribution in [2.45, 2.75) is 45.4 Å². The van der Waals surface area contributed by atoms with E-state index in [4.69, 9.17) is 9.47 Å². The van der Waals surface area contributed by atoms with Gasteiger partial charge in [0.15, 0.2) is 0 Å². The zero-order valence-corrected chi connectivity index (χ0v) is 15.3. The van der Waals surface area contributed by atoms with E-state index in [0.29, 0.717) is 25.0 Å². The largest absolute Gasteiger partial charge is 0.497 e. The highest BCUT2D eigenvalue weighted by Crippen LogP contribution is 2.37. The second-order valence-corrected chi connectivity index (χ2v) is 6.73. The summed E-state index contributed by atoms with van der Waals surface area (Å²) in [6.45, 7) is 1.57. The van der Waals surface area contributed by atoms with E-state index in [1.54, 1.807) is 14.0 Å². The number of carbonyl (C=O) groups is 2. The molecule has 0 aromatic heterocycles. The molecule has 0 radical (unpaired) electrons. The SMILES string of the molecule is COc1ccc2c(c1)CCc1cc(OC(=O)CCCCC(C)=O)ccc1-2. The number of hydrogen-bond acceptors (Lipinski definition) is 4. The molecule has 136 valence electrons. The lowest BCUT2D eigenvalue weighted by atomic mass is 9.85. The number of carbonyl (C=O) groups excluding carboxylic acids is 2. The van der Waals surface area contributed by atoms with Crippen molar-refractivity contribution >= 4 is 11.8 Å². The normalized spacial score (nSPS) is 12.1. The summed E-state index contributed by atoms with van der Waals surface area (Å²) >= 11 is 0. The van der Waals surface area contributed by atoms with E-state index in [1.165, 1.54) is 22.3 Å². The van der Waals surface area contributed by atoms with Gasteiger partial charge in [0.2, 0.25) is 0 Å². The summed E-state index contributed by atoms with van der Waals surface area (Å²) in [5.41, 5.74) is 4.89. The molecule has 0 heterocycles. The van der Waals surface area contributed by atoms with Crippen molar-refractivity contribution in [2.75, 3.05) is 7.11 Å². The summed E-state index contributed by atoms with van der Waals surface area (Å²) in [6, 6.07) is 12.0. The maximum absolute atomic E-state index is 12.0. The van der Waals surface area contributed by atoms with Crippen LogP contribution >= 0.6 is 0 Å². The second-order valence-electron chi connectivity index (χ2n) is 6.73. The Morgan fingerprint density at radius 3 is 2.08 bits per heavy atom. The Balaban J connectivity index is 1.66. The van der Waals surface area contributed by atoms with Crippen molar-refractivity contribution in [1.82, 2.24) is 0 Å². The zero-order valence-electron chi connectivity index (χ0n) is 15.3. The van der Waals surface area contributed by atoms with E-state index in [0.717, 1.165) is 25.0 Å². The molecule has 4 heteroatoms. The molecule has 0 saturated heterocycles. The van der Waals surface area contributed by atoms with Crippen LogP contribution in [0, 0.1) is 0 Å². The Morgan fingerprint density at radius 2 is 1.46 bits per heavy atom. The number of Topliss-reactive ketones (excluding diaryl/α,β-unsaturated/α-hetero) is 1. The molecule has 3 rings (SSSR count). The number of ketones is 1. The number of unbranched alkanes of at least 4 members (excludes halogenated alkanes) is 1. The summed E-state index contributed by atoms with van der Waals surface area (Å²) < 4.78 is 10.8. The quantitative estimate of drug-likeness (QED) is 0.418. The molecule has 0 N–H and O–H groups in total. The molecule has 0 amide bonds. The summed E-state index contributed by atoms with van der Waals surface area (Å²) in [5, 5.41) is 0. The van der Waals surface area contributed by atoms with Gasteiger partial charge in [-0.15, -0.1) is 0 Å². The molecule has 1 aliphatic rings. The first kappa shape index (κ1) is 18.2. The maximum Gasteiger partial charge on any atom is 0.311 e. The third-order valence-corrected chi connectivity index (χ3v) is 4.73. The third-order valence-electron chi connectivity index (χ3n) is 4.73. The van der Waals surface area contributed by atoms with Crippen molar-refractivity contribution < 1.29 is 19.1 Å². The molecule has 0 spiro atoms. The van der Waals surface area contributed by atoms with Gasteiger partial charge >= 0.3 is 5.97 Å². The van der Waals surface area contributed by atoms with Gasteiger partial charge in [-0.3, -0.25) is 4.79 Å². The van der Waals surface area contributed by atoms with Gasteiger partial charge in [0.05, 0.1) is 7.11 Å². The first-order chi connectivity index (χ1) is 12.6. The standard InChI is InChI=1S/C22H24O4/c1-15(23)5-3-4-6-22(24)26-19-10-12-21-17(14-19)8-7-16-13-18(25-2)9-11-20(16)21/h9-14H,3-8H2,1-2H3. The number of ether oxygens (including phenoxy) is 2. The molecule has 4 nitrogen and oxygen atoms in total. The highest BCUT2D eigenvalue weighted by Gasteiger charge is 2.18. The minimum atomic E-state index is -0.241. The summed E-state index contributed by atoms with van der Waals surface area (Å²) in [5.74, 6) is 1.39. The Hall–Kier alpha value is -2.62. The average molecular weight is 352 g/mol. The van der Waals surface area contributed by atoms with E-state index < -0.39 is 0 Å². The van der Waals surface area contributed by atoms with Crippen LogP contribution in [0.15, 0.2) is 36.4 Å². The molecule has 2 aromatic rings. The first-order valence-corrected chi connectivity index (χ1v) is 9.07. The van der Waals surface area contributed by atoms with Crippen LogP contribution in [0.5, 0.6) is 11.5 Å². The van der Waals surface area contributed by atoms with Crippen LogP contribution in [0.2, 0.25) is 0 Å². The van der Waals surface area contributed by atoms with Crippen LogP contribution in [0.4, 0.5) is 0 Å². The predicted molar refractivity (Wildman–Crippen MR) is 101 cm³/mol. The van der Waals surface area contributed by atoms with E-state index in [9.17, 15) is 9.59 Å². The van der Waals surface area contributed by atoms with Crippen LogP contribution in [0.1, 0.15) is 43.7 Å². The summed E-state index contributed by atoms with van der Waals surface area (Å²) in [6.07, 6.45) is 4.14. The van der Waals surface area contributed by atoms with Crippen molar-refractivity contribution in [1.29, 1.82) is 0 Å². The van der Waals surface area contributed by atoms with Gasteiger partial charge in [-0.2, -0.15) is 0 Å². The summed E-state index contributed by atoms with van der Waals surface area (Å²) in [7, 11) is 1.68. The molecular weight excluding hydrogens is 328 g/mol. The number of aryl methyl sites for hydroxylation is 2. The first-order valence-electron chi connectivity index (χ1n) is 9.07. The van der Waals surface area contributed by atoms with Crippen LogP contribution in [0.25, 0.3) is 11.1 Å². The molecular formula is C22H24O4. The van der Waals surface area contributed by atoms with Crippen LogP contribution in [0.3, 0.4) is 0 Å². The predicted octanol–water partition coefficient (Wildman–Crippen LogP) is 4.52. The molecule has 26 heavy (non-hydrogen) atoms. The van der Waals surface area contributed by atoms with Crippen molar-refractivity contribution in [3.63, 3.8) is 0 Å². The highest BCUT2D eigenvalue weighted by molar-refractivity contribution is 5.77. The number of benzene rings is 2. The summed E-state index contributed by atoms with van der Waals surface area (Å²) in [4.78, 5) is 22.9. The van der Waals surface area contributed by atoms with Gasteiger partial charge in [0, 0.05) is 12.8 Å². The Bertz CT molecular complexity index is 823. The lowest BCUT2D eigenvalue weighted by Gasteiger charge is -2.21. The van der Waals surface area contributed by atoms with Crippen molar-refractivity contribution in [3.8, 4) is 22.6 Å². The fourth-order valence-corrected chi connectivity index (χ4v) is 3.36. The van der Waals surface area contributed by atoms with Gasteiger partial charge in [-0.1, -0.05) is 12.1 Å². The van der Waals surface area contributed by atoms with Gasteiger partial charge in [-0.05, 0) is 79.1 Å². The Morgan fingerprint density at radius 1 is 0.885 bits per heavy atom. The van der Waals surface area contributed by atoms with Crippen molar-refractivity contribution in [2.24, 2.45) is 0 Å². The van der Waals surface area contributed by atoms with E-state index >= 15 is 0 Å². The maximum atomic E-state index is 12.0. The van der Waals surface area contributed by atoms with Crippen LogP contribution < -0.4 is 9.47 Å². The zero-order chi connectivity index (χ0) is 18.5. The number of esters is 1. The number of rotatable bonds is 7. The van der Waals surface area contributed by atoms with E-state index in [2.05, 4.69) is 12.1 Å². The molecule has 0 fully saturated rings. The van der Waals surface area contributed by atoms with Crippen LogP contribution in [-0.4, -0.2) is 18.9 Å². The minimum absolute atomic E-state index is 0.158. The molecule has 2 aromatic carbocycles. The minimum Gasteiger partial charge on any atom is -0.497 e. The average Bonchev–Trinajstić information content (AvgIpc) is 2.64. The van der Waals surface area contributed by atoms with Gasteiger partial charge < -0.3 is 14.3 Å². The fourth-order valence-electron chi connectivity index (χ4n) is 3.36. The van der Waals surface area contributed by atoms with Crippen LogP contribution in [-0.2, 0) is 22.4 Å². The topological polar surface area (TPSA) is 52.6 Å². The molecule has 1 aliphatic carbocycles. The number of hydrogen-bond donors (Lipinski definition) is 0. The highest BCUT2D eigenvalue weighted by atomic mass is 16.5. The number of methoxy groups -OCH3 is 1. The van der Waals surface area contributed by atoms with Gasteiger partial charge in [-0.25, -0.2) is 0 Å². The second kappa shape index (κ2) is 8.17. The molecule has 0 aliphatic heterocycles. The third kappa shape index (κ3) is 4.31. The molecule has 0 atom stereocenters. The van der Waals surface area contributed by atoms with E-state index in [1.807, 2.05) is 24.3 Å². The monoisotopic (exact) mass is 352 g/mol. The number of fused-ring (bicyclic) bond motifs is 3. The molecule has 0 bridgehead atoms. The fraction of sp³-hybridized carbons (Fsp3) is 0.364. The Labute approximate surface area is 154 Å².